The average molecular weight is 359 g/mol. The van der Waals surface area contributed by atoms with Crippen LogP contribution < -0.4 is 0 Å². The second-order valence-corrected chi connectivity index (χ2v) is 13.7. The molecule has 1 nitrogen and oxygen atoms in total. The van der Waals surface area contributed by atoms with E-state index in [2.05, 4.69) is 97.9 Å². The first-order valence-electron chi connectivity index (χ1n) is 9.77. The molecule has 1 rings (SSSR count). The summed E-state index contributed by atoms with van der Waals surface area (Å²) < 4.78 is 6.95. The quantitative estimate of drug-likeness (QED) is 0.250. The van der Waals surface area contributed by atoms with Crippen LogP contribution in [0.1, 0.15) is 67.4 Å². The van der Waals surface area contributed by atoms with Gasteiger partial charge in [-0.25, -0.2) is 0 Å². The Hall–Kier alpha value is -1.28. The van der Waals surface area contributed by atoms with Gasteiger partial charge in [0.25, 0.3) is 8.32 Å². The molecular formula is C23H38OSi. The summed E-state index contributed by atoms with van der Waals surface area (Å²) in [4.78, 5) is 0. The molecule has 0 amide bonds. The highest BCUT2D eigenvalue weighted by molar-refractivity contribution is 6.77. The van der Waals surface area contributed by atoms with Gasteiger partial charge in [0.05, 0.1) is 5.76 Å². The van der Waals surface area contributed by atoms with Crippen molar-refractivity contribution in [2.75, 3.05) is 0 Å². The lowest BCUT2D eigenvalue weighted by atomic mass is 10.1. The first kappa shape index (κ1) is 21.8. The van der Waals surface area contributed by atoms with Crippen molar-refractivity contribution < 1.29 is 4.43 Å². The van der Waals surface area contributed by atoms with E-state index in [0.29, 0.717) is 16.6 Å². The van der Waals surface area contributed by atoms with Crippen LogP contribution in [0.25, 0.3) is 0 Å². The van der Waals surface area contributed by atoms with E-state index in [9.17, 15) is 0 Å². The lowest BCUT2D eigenvalue weighted by Crippen LogP contribution is -2.47. The van der Waals surface area contributed by atoms with E-state index < -0.39 is 8.32 Å². The number of hydrogen-bond acceptors (Lipinski definition) is 1. The molecule has 0 spiro atoms. The predicted molar refractivity (Wildman–Crippen MR) is 114 cm³/mol. The zero-order valence-corrected chi connectivity index (χ0v) is 18.6. The minimum absolute atomic E-state index is 0.597. The minimum atomic E-state index is -1.90. The SMILES string of the molecule is CC(C)=C/C=C(\CCc1ccccc1)O[Si](C(C)C)(C(C)C)C(C)C. The summed E-state index contributed by atoms with van der Waals surface area (Å²) in [5, 5.41) is 0. The van der Waals surface area contributed by atoms with Gasteiger partial charge in [-0.05, 0) is 48.5 Å². The maximum Gasteiger partial charge on any atom is 0.258 e. The number of rotatable bonds is 9. The number of hydrogen-bond donors (Lipinski definition) is 0. The molecule has 0 aromatic heterocycles. The van der Waals surface area contributed by atoms with Crippen molar-refractivity contribution >= 4 is 8.32 Å². The molecule has 0 unspecified atom stereocenters. The minimum Gasteiger partial charge on any atom is -0.546 e. The Labute approximate surface area is 157 Å². The molecule has 0 atom stereocenters. The molecule has 140 valence electrons. The van der Waals surface area contributed by atoms with Gasteiger partial charge in [-0.1, -0.05) is 83.5 Å². The molecule has 1 aromatic rings. The summed E-state index contributed by atoms with van der Waals surface area (Å²) in [6.45, 7) is 18.4. The molecule has 0 aliphatic carbocycles. The van der Waals surface area contributed by atoms with Crippen LogP contribution in [-0.2, 0) is 10.8 Å². The van der Waals surface area contributed by atoms with E-state index in [1.807, 2.05) is 0 Å². The third kappa shape index (κ3) is 6.18. The van der Waals surface area contributed by atoms with Gasteiger partial charge < -0.3 is 4.43 Å². The van der Waals surface area contributed by atoms with E-state index in [4.69, 9.17) is 4.43 Å². The van der Waals surface area contributed by atoms with Gasteiger partial charge in [0, 0.05) is 6.42 Å². The lowest BCUT2D eigenvalue weighted by molar-refractivity contribution is 0.354. The molecule has 0 fully saturated rings. The van der Waals surface area contributed by atoms with Gasteiger partial charge in [0.2, 0.25) is 0 Å². The zero-order chi connectivity index (χ0) is 19.0. The Bertz CT molecular complexity index is 541. The first-order chi connectivity index (χ1) is 11.7. The molecule has 0 saturated heterocycles. The monoisotopic (exact) mass is 358 g/mol. The topological polar surface area (TPSA) is 9.23 Å². The van der Waals surface area contributed by atoms with Crippen molar-refractivity contribution in [2.24, 2.45) is 0 Å². The standard InChI is InChI=1S/C23H38OSi/c1-18(2)14-16-23(17-15-22-12-10-9-11-13-22)24-25(19(3)4,20(5)6)21(7)8/h9-14,16,19-21H,15,17H2,1-8H3/b23-16+. The van der Waals surface area contributed by atoms with E-state index in [1.165, 1.54) is 11.1 Å². The number of allylic oxidation sites excluding steroid dienone is 4. The van der Waals surface area contributed by atoms with Crippen molar-refractivity contribution in [3.63, 3.8) is 0 Å². The van der Waals surface area contributed by atoms with Crippen LogP contribution in [0.3, 0.4) is 0 Å². The van der Waals surface area contributed by atoms with Crippen LogP contribution >= 0.6 is 0 Å². The van der Waals surface area contributed by atoms with Gasteiger partial charge in [0.15, 0.2) is 0 Å². The van der Waals surface area contributed by atoms with E-state index in [1.54, 1.807) is 0 Å². The predicted octanol–water partition coefficient (Wildman–Crippen LogP) is 7.66. The molecule has 0 heterocycles. The van der Waals surface area contributed by atoms with Crippen LogP contribution in [0.4, 0.5) is 0 Å². The van der Waals surface area contributed by atoms with Gasteiger partial charge in [-0.15, -0.1) is 0 Å². The molecule has 0 N–H and O–H groups in total. The fraction of sp³-hybridized carbons (Fsp3) is 0.565. The zero-order valence-electron chi connectivity index (χ0n) is 17.6. The van der Waals surface area contributed by atoms with Gasteiger partial charge >= 0.3 is 0 Å². The molecule has 0 bridgehead atoms. The second kappa shape index (κ2) is 10.0. The summed E-state index contributed by atoms with van der Waals surface area (Å²) in [5.41, 5.74) is 4.48. The van der Waals surface area contributed by atoms with E-state index >= 15 is 0 Å². The van der Waals surface area contributed by atoms with Crippen molar-refractivity contribution in [1.82, 2.24) is 0 Å². The summed E-state index contributed by atoms with van der Waals surface area (Å²) in [5.74, 6) is 1.16. The normalized spacial score (nSPS) is 12.8. The third-order valence-electron chi connectivity index (χ3n) is 5.12. The molecule has 0 radical (unpaired) electrons. The van der Waals surface area contributed by atoms with Crippen LogP contribution in [0.2, 0.25) is 16.6 Å². The third-order valence-corrected chi connectivity index (χ3v) is 11.2. The molecule has 1 aromatic carbocycles. The Morgan fingerprint density at radius 1 is 0.880 bits per heavy atom. The maximum atomic E-state index is 6.95. The molecule has 25 heavy (non-hydrogen) atoms. The van der Waals surface area contributed by atoms with E-state index in [0.717, 1.165) is 18.6 Å². The molecule has 2 heteroatoms. The highest BCUT2D eigenvalue weighted by Crippen LogP contribution is 2.44. The Morgan fingerprint density at radius 3 is 1.84 bits per heavy atom. The molecule has 0 aliphatic rings. The van der Waals surface area contributed by atoms with Crippen molar-refractivity contribution in [2.45, 2.75) is 84.9 Å². The van der Waals surface area contributed by atoms with Crippen LogP contribution in [-0.4, -0.2) is 8.32 Å². The summed E-state index contributed by atoms with van der Waals surface area (Å²) in [6.07, 6.45) is 6.41. The summed E-state index contributed by atoms with van der Waals surface area (Å²) in [7, 11) is -1.90. The lowest BCUT2D eigenvalue weighted by Gasteiger charge is -2.43. The van der Waals surface area contributed by atoms with Gasteiger partial charge in [0.1, 0.15) is 0 Å². The van der Waals surface area contributed by atoms with E-state index in [-0.39, 0.29) is 0 Å². The highest BCUT2D eigenvalue weighted by Gasteiger charge is 2.47. The van der Waals surface area contributed by atoms with Crippen molar-refractivity contribution in [3.8, 4) is 0 Å². The van der Waals surface area contributed by atoms with Gasteiger partial charge in [-0.3, -0.25) is 0 Å². The number of aryl methyl sites for hydroxylation is 1. The molecule has 0 saturated carbocycles. The largest absolute Gasteiger partial charge is 0.546 e. The van der Waals surface area contributed by atoms with Crippen molar-refractivity contribution in [1.29, 1.82) is 0 Å². The Balaban J connectivity index is 3.09. The summed E-state index contributed by atoms with van der Waals surface area (Å²) >= 11 is 0. The van der Waals surface area contributed by atoms with Crippen LogP contribution in [0, 0.1) is 0 Å². The second-order valence-electron chi connectivity index (χ2n) is 8.28. The fourth-order valence-corrected chi connectivity index (χ4v) is 9.25. The first-order valence-corrected chi connectivity index (χ1v) is 11.9. The molecule has 0 aliphatic heterocycles. The smallest absolute Gasteiger partial charge is 0.258 e. The average Bonchev–Trinajstić information content (AvgIpc) is 2.53. The summed E-state index contributed by atoms with van der Waals surface area (Å²) in [6, 6.07) is 10.7. The Kier molecular flexibility index (Phi) is 8.71. The Morgan fingerprint density at radius 2 is 1.40 bits per heavy atom. The van der Waals surface area contributed by atoms with Gasteiger partial charge in [-0.2, -0.15) is 0 Å². The fourth-order valence-electron chi connectivity index (χ4n) is 3.92. The molecular weight excluding hydrogens is 320 g/mol. The van der Waals surface area contributed by atoms with Crippen LogP contribution in [0.5, 0.6) is 0 Å². The highest BCUT2D eigenvalue weighted by atomic mass is 28.4. The number of benzene rings is 1. The van der Waals surface area contributed by atoms with Crippen LogP contribution in [0.15, 0.2) is 53.8 Å². The van der Waals surface area contributed by atoms with Crippen molar-refractivity contribution in [3.05, 3.63) is 59.4 Å². The maximum absolute atomic E-state index is 6.95.